The third kappa shape index (κ3) is 6.42. The van der Waals surface area contributed by atoms with Gasteiger partial charge in [0.25, 0.3) is 5.91 Å². The van der Waals surface area contributed by atoms with Crippen molar-refractivity contribution in [3.05, 3.63) is 65.2 Å². The summed E-state index contributed by atoms with van der Waals surface area (Å²) in [6.45, 7) is 1.17. The van der Waals surface area contributed by atoms with Crippen molar-refractivity contribution in [3.63, 3.8) is 0 Å². The highest BCUT2D eigenvalue weighted by Crippen LogP contribution is 2.15. The molecule has 1 aromatic heterocycles. The molecular formula is C17H17FN2O6S. The first-order valence-corrected chi connectivity index (χ1v) is 9.38. The van der Waals surface area contributed by atoms with Gasteiger partial charge in [-0.2, -0.15) is 0 Å². The predicted octanol–water partition coefficient (Wildman–Crippen LogP) is 1.08. The number of rotatable bonds is 7. The number of aromatic nitrogens is 1. The standard InChI is InChI=1S/C17H17FN2O6S/c1-11(21)26-9-15-7-4-13(8-19-15)17(23)20-27(24,25)10-16(22)12-2-5-14(18)6-3-12/h2-8,16,22H,9-10H2,1H3,(H,20,23). The fraction of sp³-hybridized carbons (Fsp3) is 0.235. The summed E-state index contributed by atoms with van der Waals surface area (Å²) in [5.74, 6) is -2.70. The zero-order valence-electron chi connectivity index (χ0n) is 14.3. The number of esters is 1. The molecule has 0 aliphatic rings. The molecule has 0 saturated carbocycles. The van der Waals surface area contributed by atoms with Crippen molar-refractivity contribution < 1.29 is 32.2 Å². The molecule has 1 atom stereocenters. The Morgan fingerprint density at radius 3 is 2.44 bits per heavy atom. The molecule has 0 radical (unpaired) electrons. The van der Waals surface area contributed by atoms with Gasteiger partial charge in [-0.05, 0) is 29.8 Å². The van der Waals surface area contributed by atoms with E-state index in [2.05, 4.69) is 4.98 Å². The van der Waals surface area contributed by atoms with Gasteiger partial charge in [-0.1, -0.05) is 12.1 Å². The van der Waals surface area contributed by atoms with E-state index < -0.39 is 39.6 Å². The number of pyridine rings is 1. The molecule has 0 spiro atoms. The number of nitrogens with zero attached hydrogens (tertiary/aromatic N) is 1. The summed E-state index contributed by atoms with van der Waals surface area (Å²) in [6.07, 6.45) is -0.291. The lowest BCUT2D eigenvalue weighted by Gasteiger charge is -2.12. The van der Waals surface area contributed by atoms with Crippen molar-refractivity contribution in [2.24, 2.45) is 0 Å². The third-order valence-electron chi connectivity index (χ3n) is 3.39. The van der Waals surface area contributed by atoms with E-state index >= 15 is 0 Å². The van der Waals surface area contributed by atoms with Crippen LogP contribution in [0, 0.1) is 5.82 Å². The van der Waals surface area contributed by atoms with Crippen molar-refractivity contribution in [2.45, 2.75) is 19.6 Å². The van der Waals surface area contributed by atoms with E-state index in [0.29, 0.717) is 5.69 Å². The Labute approximate surface area is 155 Å². The summed E-state index contributed by atoms with van der Waals surface area (Å²) in [5.41, 5.74) is 0.559. The zero-order chi connectivity index (χ0) is 20.0. The lowest BCUT2D eigenvalue weighted by molar-refractivity contribution is -0.142. The van der Waals surface area contributed by atoms with Gasteiger partial charge in [-0.3, -0.25) is 14.6 Å². The number of sulfonamides is 1. The predicted molar refractivity (Wildman–Crippen MR) is 92.3 cm³/mol. The molecule has 0 bridgehead atoms. The van der Waals surface area contributed by atoms with Crippen LogP contribution in [0.5, 0.6) is 0 Å². The Balaban J connectivity index is 1.98. The fourth-order valence-corrected chi connectivity index (χ4v) is 3.14. The van der Waals surface area contributed by atoms with Crippen LogP contribution in [0.25, 0.3) is 0 Å². The molecule has 2 rings (SSSR count). The molecule has 0 aliphatic carbocycles. The minimum Gasteiger partial charge on any atom is -0.459 e. The molecule has 0 aliphatic heterocycles. The topological polar surface area (TPSA) is 123 Å². The number of amides is 1. The van der Waals surface area contributed by atoms with Gasteiger partial charge in [0.05, 0.1) is 23.1 Å². The van der Waals surface area contributed by atoms with Crippen LogP contribution in [0.3, 0.4) is 0 Å². The molecule has 8 nitrogen and oxygen atoms in total. The highest BCUT2D eigenvalue weighted by atomic mass is 32.2. The zero-order valence-corrected chi connectivity index (χ0v) is 15.1. The fourth-order valence-electron chi connectivity index (χ4n) is 2.05. The largest absolute Gasteiger partial charge is 0.459 e. The van der Waals surface area contributed by atoms with E-state index in [1.165, 1.54) is 31.2 Å². The monoisotopic (exact) mass is 396 g/mol. The summed E-state index contributed by atoms with van der Waals surface area (Å²) in [6, 6.07) is 7.43. The maximum atomic E-state index is 12.9. The number of benzene rings is 1. The van der Waals surface area contributed by atoms with Crippen LogP contribution in [0.1, 0.15) is 34.6 Å². The molecule has 10 heteroatoms. The first-order chi connectivity index (χ1) is 12.7. The number of carbonyl (C=O) groups excluding carboxylic acids is 2. The van der Waals surface area contributed by atoms with E-state index in [1.807, 2.05) is 4.72 Å². The number of hydrogen-bond acceptors (Lipinski definition) is 7. The smallest absolute Gasteiger partial charge is 0.303 e. The second-order valence-electron chi connectivity index (χ2n) is 5.60. The molecule has 0 saturated heterocycles. The van der Waals surface area contributed by atoms with Gasteiger partial charge >= 0.3 is 5.97 Å². The van der Waals surface area contributed by atoms with E-state index in [0.717, 1.165) is 18.3 Å². The molecule has 1 aromatic carbocycles. The van der Waals surface area contributed by atoms with Crippen molar-refractivity contribution in [1.29, 1.82) is 0 Å². The summed E-state index contributed by atoms with van der Waals surface area (Å²) >= 11 is 0. The molecular weight excluding hydrogens is 379 g/mol. The highest BCUT2D eigenvalue weighted by molar-refractivity contribution is 7.90. The van der Waals surface area contributed by atoms with Crippen molar-refractivity contribution in [2.75, 3.05) is 5.75 Å². The number of hydrogen-bond donors (Lipinski definition) is 2. The number of aliphatic hydroxyl groups excluding tert-OH is 1. The van der Waals surface area contributed by atoms with Crippen molar-refractivity contribution >= 4 is 21.9 Å². The Morgan fingerprint density at radius 1 is 1.22 bits per heavy atom. The summed E-state index contributed by atoms with van der Waals surface area (Å²) in [5, 5.41) is 9.96. The molecule has 0 fully saturated rings. The Morgan fingerprint density at radius 2 is 1.89 bits per heavy atom. The van der Waals surface area contributed by atoms with Gasteiger partial charge in [0, 0.05) is 13.1 Å². The van der Waals surface area contributed by atoms with Crippen LogP contribution in [-0.2, 0) is 26.2 Å². The summed E-state index contributed by atoms with van der Waals surface area (Å²) < 4.78 is 43.6. The van der Waals surface area contributed by atoms with Gasteiger partial charge < -0.3 is 9.84 Å². The molecule has 1 unspecified atom stereocenters. The van der Waals surface area contributed by atoms with E-state index in [1.54, 1.807) is 0 Å². The Kier molecular flexibility index (Phi) is 6.59. The average Bonchev–Trinajstić information content (AvgIpc) is 2.60. The van der Waals surface area contributed by atoms with E-state index in [9.17, 15) is 27.5 Å². The summed E-state index contributed by atoms with van der Waals surface area (Å²) in [7, 11) is -4.16. The van der Waals surface area contributed by atoms with Gasteiger partial charge in [0.15, 0.2) is 0 Å². The van der Waals surface area contributed by atoms with Crippen molar-refractivity contribution in [1.82, 2.24) is 9.71 Å². The third-order valence-corrected chi connectivity index (χ3v) is 4.64. The molecule has 1 amide bonds. The van der Waals surface area contributed by atoms with Crippen LogP contribution < -0.4 is 4.72 Å². The van der Waals surface area contributed by atoms with E-state index in [4.69, 9.17) is 4.74 Å². The van der Waals surface area contributed by atoms with Crippen LogP contribution in [0.4, 0.5) is 4.39 Å². The first-order valence-electron chi connectivity index (χ1n) is 7.73. The quantitative estimate of drug-likeness (QED) is 0.671. The first kappa shape index (κ1) is 20.5. The second kappa shape index (κ2) is 8.69. The van der Waals surface area contributed by atoms with Crippen molar-refractivity contribution in [3.8, 4) is 0 Å². The van der Waals surface area contributed by atoms with Crippen LogP contribution in [-0.4, -0.2) is 36.1 Å². The minimum atomic E-state index is -4.16. The average molecular weight is 396 g/mol. The number of halogens is 1. The van der Waals surface area contributed by atoms with Gasteiger partial charge in [-0.25, -0.2) is 17.5 Å². The molecule has 27 heavy (non-hydrogen) atoms. The normalized spacial score (nSPS) is 12.3. The Hall–Kier alpha value is -2.85. The molecule has 144 valence electrons. The maximum absolute atomic E-state index is 12.9. The maximum Gasteiger partial charge on any atom is 0.303 e. The Bertz CT molecular complexity index is 913. The highest BCUT2D eigenvalue weighted by Gasteiger charge is 2.22. The number of carbonyl (C=O) groups is 2. The van der Waals surface area contributed by atoms with Gasteiger partial charge in [-0.15, -0.1) is 0 Å². The lowest BCUT2D eigenvalue weighted by Crippen LogP contribution is -2.34. The lowest BCUT2D eigenvalue weighted by atomic mass is 10.1. The minimum absolute atomic E-state index is 0.0265. The number of ether oxygens (including phenoxy) is 1. The van der Waals surface area contributed by atoms with E-state index in [-0.39, 0.29) is 17.7 Å². The molecule has 1 heterocycles. The van der Waals surface area contributed by atoms with Crippen LogP contribution >= 0.6 is 0 Å². The number of aliphatic hydroxyl groups is 1. The van der Waals surface area contributed by atoms with Crippen LogP contribution in [0.15, 0.2) is 42.6 Å². The SMILES string of the molecule is CC(=O)OCc1ccc(C(=O)NS(=O)(=O)CC(O)c2ccc(F)cc2)cn1. The molecule has 2 N–H and O–H groups in total. The number of nitrogens with one attached hydrogen (secondary N) is 1. The molecule has 2 aromatic rings. The summed E-state index contributed by atoms with van der Waals surface area (Å²) in [4.78, 5) is 26.7. The van der Waals surface area contributed by atoms with Gasteiger partial charge in [0.2, 0.25) is 10.0 Å². The van der Waals surface area contributed by atoms with Crippen LogP contribution in [0.2, 0.25) is 0 Å². The second-order valence-corrected chi connectivity index (χ2v) is 7.37. The van der Waals surface area contributed by atoms with Gasteiger partial charge in [0.1, 0.15) is 12.4 Å².